The summed E-state index contributed by atoms with van der Waals surface area (Å²) in [6, 6.07) is 6.10. The number of fused-ring (bicyclic) bond motifs is 1. The van der Waals surface area contributed by atoms with Crippen LogP contribution in [0.5, 0.6) is 5.75 Å². The number of rotatable bonds is 3. The molecular weight excluding hydrogens is 296 g/mol. The highest BCUT2D eigenvalue weighted by atomic mass is 32.2. The molecule has 0 radical (unpaired) electrons. The van der Waals surface area contributed by atoms with Crippen LogP contribution in [0.3, 0.4) is 0 Å². The van der Waals surface area contributed by atoms with Gasteiger partial charge in [-0.25, -0.2) is 0 Å². The predicted molar refractivity (Wildman–Crippen MR) is 89.0 cm³/mol. The average molecular weight is 316 g/mol. The maximum Gasteiger partial charge on any atom is 0.199 e. The molecule has 0 bridgehead atoms. The number of allylic oxidation sites excluding steroid dienone is 1. The lowest BCUT2D eigenvalue weighted by atomic mass is 9.81. The summed E-state index contributed by atoms with van der Waals surface area (Å²) >= 11 is 1.18. The lowest BCUT2D eigenvalue weighted by molar-refractivity contribution is -0.127. The van der Waals surface area contributed by atoms with Gasteiger partial charge >= 0.3 is 0 Å². The molecule has 116 valence electrons. The van der Waals surface area contributed by atoms with Crippen molar-refractivity contribution in [2.24, 2.45) is 11.8 Å². The van der Waals surface area contributed by atoms with Crippen molar-refractivity contribution >= 4 is 28.7 Å². The smallest absolute Gasteiger partial charge is 0.199 e. The van der Waals surface area contributed by atoms with Crippen LogP contribution in [0, 0.1) is 11.8 Å². The Hall–Kier alpha value is -1.55. The lowest BCUT2D eigenvalue weighted by Crippen LogP contribution is -2.24. The third-order valence-corrected chi connectivity index (χ3v) is 5.41. The number of carbonyl (C=O) groups excluding carboxylic acids is 2. The number of Topliss-reactive ketones (excluding diaryl/α,β-unsaturated/α-hetero) is 1. The first-order valence-corrected chi connectivity index (χ1v) is 8.84. The van der Waals surface area contributed by atoms with E-state index in [4.69, 9.17) is 4.74 Å². The summed E-state index contributed by atoms with van der Waals surface area (Å²) in [6.07, 6.45) is 7.17. The topological polar surface area (TPSA) is 43.4 Å². The normalized spacial score (nSPS) is 23.9. The Balaban J connectivity index is 1.90. The molecule has 0 heterocycles. The van der Waals surface area contributed by atoms with Crippen LogP contribution in [0.25, 0.3) is 6.08 Å². The number of carbonyl (C=O) groups is 2. The summed E-state index contributed by atoms with van der Waals surface area (Å²) in [6.45, 7) is 0. The van der Waals surface area contributed by atoms with E-state index in [2.05, 4.69) is 18.2 Å². The highest BCUT2D eigenvalue weighted by Crippen LogP contribution is 2.41. The highest BCUT2D eigenvalue weighted by molar-refractivity contribution is 8.13. The first-order valence-electron chi connectivity index (χ1n) is 7.62. The summed E-state index contributed by atoms with van der Waals surface area (Å²) in [5.41, 5.74) is 3.73. The van der Waals surface area contributed by atoms with Gasteiger partial charge in [-0.15, -0.1) is 0 Å². The van der Waals surface area contributed by atoms with Crippen molar-refractivity contribution in [1.29, 1.82) is 0 Å². The summed E-state index contributed by atoms with van der Waals surface area (Å²) in [4.78, 5) is 24.2. The Morgan fingerprint density at radius 2 is 2.09 bits per heavy atom. The van der Waals surface area contributed by atoms with Crippen LogP contribution >= 0.6 is 11.8 Å². The molecule has 0 spiro atoms. The minimum absolute atomic E-state index is 0.0222. The molecule has 2 aliphatic carbocycles. The molecule has 1 aromatic carbocycles. The first-order chi connectivity index (χ1) is 10.6. The minimum atomic E-state index is -0.430. The van der Waals surface area contributed by atoms with E-state index in [0.717, 1.165) is 25.0 Å². The fourth-order valence-corrected chi connectivity index (χ4v) is 4.13. The van der Waals surface area contributed by atoms with Crippen molar-refractivity contribution in [2.75, 3.05) is 13.4 Å². The lowest BCUT2D eigenvalue weighted by Gasteiger charge is -2.24. The summed E-state index contributed by atoms with van der Waals surface area (Å²) in [5.74, 6) is 0.664. The van der Waals surface area contributed by atoms with E-state index in [1.807, 2.05) is 6.07 Å². The molecule has 1 fully saturated rings. The molecule has 1 saturated carbocycles. The fraction of sp³-hybridized carbons (Fsp3) is 0.444. The van der Waals surface area contributed by atoms with Gasteiger partial charge < -0.3 is 4.74 Å². The Kier molecular flexibility index (Phi) is 4.39. The van der Waals surface area contributed by atoms with Crippen LogP contribution in [0.15, 0.2) is 23.8 Å². The molecule has 4 heteroatoms. The molecule has 0 amide bonds. The SMILES string of the molecule is COc1ccc2c(c1)CCC([C@H]1CCC(=O)[C@@H]1C(=O)SC)=C2. The van der Waals surface area contributed by atoms with E-state index in [1.165, 1.54) is 28.5 Å². The van der Waals surface area contributed by atoms with E-state index in [1.54, 1.807) is 13.4 Å². The van der Waals surface area contributed by atoms with E-state index in [-0.39, 0.29) is 16.8 Å². The molecule has 3 nitrogen and oxygen atoms in total. The molecule has 22 heavy (non-hydrogen) atoms. The second kappa shape index (κ2) is 6.29. The Morgan fingerprint density at radius 3 is 2.82 bits per heavy atom. The van der Waals surface area contributed by atoms with E-state index in [0.29, 0.717) is 6.42 Å². The van der Waals surface area contributed by atoms with Crippen LogP contribution in [0.2, 0.25) is 0 Å². The predicted octanol–water partition coefficient (Wildman–Crippen LogP) is 3.51. The molecule has 0 aromatic heterocycles. The third-order valence-electron chi connectivity index (χ3n) is 4.76. The molecule has 3 rings (SSSR count). The molecule has 0 aliphatic heterocycles. The number of thioether (sulfide) groups is 1. The van der Waals surface area contributed by atoms with Gasteiger partial charge in [-0.2, -0.15) is 0 Å². The van der Waals surface area contributed by atoms with Crippen molar-refractivity contribution in [3.05, 3.63) is 34.9 Å². The van der Waals surface area contributed by atoms with Crippen LogP contribution in [-0.4, -0.2) is 24.3 Å². The number of ether oxygens (including phenoxy) is 1. The zero-order valence-corrected chi connectivity index (χ0v) is 13.7. The summed E-state index contributed by atoms with van der Waals surface area (Å²) in [7, 11) is 1.68. The largest absolute Gasteiger partial charge is 0.497 e. The van der Waals surface area contributed by atoms with Crippen molar-refractivity contribution in [2.45, 2.75) is 25.7 Å². The van der Waals surface area contributed by atoms with Gasteiger partial charge in [0.1, 0.15) is 11.5 Å². The second-order valence-electron chi connectivity index (χ2n) is 5.90. The van der Waals surface area contributed by atoms with Gasteiger partial charge in [0.15, 0.2) is 5.12 Å². The van der Waals surface area contributed by atoms with Crippen LogP contribution < -0.4 is 4.74 Å². The van der Waals surface area contributed by atoms with Crippen LogP contribution in [0.1, 0.15) is 30.4 Å². The first kappa shape index (κ1) is 15.3. The van der Waals surface area contributed by atoms with Crippen molar-refractivity contribution in [3.63, 3.8) is 0 Å². The van der Waals surface area contributed by atoms with Gasteiger partial charge in [0, 0.05) is 6.42 Å². The number of methoxy groups -OCH3 is 1. The van der Waals surface area contributed by atoms with Gasteiger partial charge in [0.05, 0.1) is 13.0 Å². The van der Waals surface area contributed by atoms with Gasteiger partial charge in [0.25, 0.3) is 0 Å². The fourth-order valence-electron chi connectivity index (χ4n) is 3.58. The molecule has 0 unspecified atom stereocenters. The van der Waals surface area contributed by atoms with Crippen molar-refractivity contribution in [1.82, 2.24) is 0 Å². The molecule has 0 saturated heterocycles. The Bertz CT molecular complexity index is 648. The molecule has 2 aliphatic rings. The summed E-state index contributed by atoms with van der Waals surface area (Å²) in [5, 5.41) is 0.0222. The third kappa shape index (κ3) is 2.72. The summed E-state index contributed by atoms with van der Waals surface area (Å²) < 4.78 is 5.27. The highest BCUT2D eigenvalue weighted by Gasteiger charge is 2.41. The van der Waals surface area contributed by atoms with Gasteiger partial charge in [0.2, 0.25) is 0 Å². The van der Waals surface area contributed by atoms with E-state index < -0.39 is 5.92 Å². The van der Waals surface area contributed by atoms with Crippen LogP contribution in [0.4, 0.5) is 0 Å². The van der Waals surface area contributed by atoms with E-state index in [9.17, 15) is 9.59 Å². The number of aryl methyl sites for hydroxylation is 1. The average Bonchev–Trinajstić information content (AvgIpc) is 2.94. The van der Waals surface area contributed by atoms with Gasteiger partial charge in [-0.3, -0.25) is 9.59 Å². The number of hydrogen-bond donors (Lipinski definition) is 0. The zero-order valence-electron chi connectivity index (χ0n) is 12.9. The van der Waals surface area contributed by atoms with Crippen LogP contribution in [-0.2, 0) is 16.0 Å². The minimum Gasteiger partial charge on any atom is -0.497 e. The second-order valence-corrected chi connectivity index (χ2v) is 6.71. The molecule has 2 atom stereocenters. The number of ketones is 1. The van der Waals surface area contributed by atoms with Crippen molar-refractivity contribution < 1.29 is 14.3 Å². The van der Waals surface area contributed by atoms with Crippen molar-refractivity contribution in [3.8, 4) is 5.75 Å². The maximum absolute atomic E-state index is 12.1. The number of hydrogen-bond acceptors (Lipinski definition) is 4. The quantitative estimate of drug-likeness (QED) is 0.800. The maximum atomic E-state index is 12.1. The van der Waals surface area contributed by atoms with Gasteiger partial charge in [-0.05, 0) is 54.7 Å². The molecular formula is C18H20O3S. The Labute approximate surface area is 135 Å². The van der Waals surface area contributed by atoms with E-state index >= 15 is 0 Å². The number of benzene rings is 1. The molecule has 0 N–H and O–H groups in total. The standard InChI is InChI=1S/C18H20O3S/c1-21-14-6-5-11-9-13(4-3-12(11)10-14)15-7-8-16(19)17(15)18(20)22-2/h5-6,9-10,15,17H,3-4,7-8H2,1-2H3/t15-,17-/m1/s1. The Morgan fingerprint density at radius 1 is 1.27 bits per heavy atom. The van der Waals surface area contributed by atoms with Gasteiger partial charge in [-0.1, -0.05) is 29.5 Å². The zero-order chi connectivity index (χ0) is 15.7. The molecule has 1 aromatic rings. The monoisotopic (exact) mass is 316 g/mol.